The van der Waals surface area contributed by atoms with Gasteiger partial charge in [-0.05, 0) is 60.2 Å². The molecule has 0 saturated heterocycles. The molecule has 0 atom stereocenters. The Kier molecular flexibility index (Phi) is 8.26. The number of nitrogens with one attached hydrogen (secondary N) is 1. The first-order valence-electron chi connectivity index (χ1n) is 12.2. The van der Waals surface area contributed by atoms with Crippen molar-refractivity contribution in [1.29, 1.82) is 0 Å². The number of hydroxylamine groups is 2. The maximum absolute atomic E-state index is 13.5. The third kappa shape index (κ3) is 6.48. The van der Waals surface area contributed by atoms with E-state index in [1.165, 1.54) is 18.5 Å². The Morgan fingerprint density at radius 3 is 2.74 bits per heavy atom. The highest BCUT2D eigenvalue weighted by Crippen LogP contribution is 2.34. The second-order valence-corrected chi connectivity index (χ2v) is 9.19. The minimum Gasteiger partial charge on any atom is -0.493 e. The van der Waals surface area contributed by atoms with Gasteiger partial charge in [-0.3, -0.25) is 0 Å². The number of rotatable bonds is 11. The van der Waals surface area contributed by atoms with Crippen LogP contribution >= 0.6 is 12.6 Å². The van der Waals surface area contributed by atoms with Gasteiger partial charge in [-0.2, -0.15) is 17.7 Å². The average molecular weight is 547 g/mol. The van der Waals surface area contributed by atoms with Gasteiger partial charge in [0.1, 0.15) is 36.1 Å². The van der Waals surface area contributed by atoms with Crippen molar-refractivity contribution in [3.63, 3.8) is 0 Å². The second-order valence-electron chi connectivity index (χ2n) is 8.74. The van der Waals surface area contributed by atoms with E-state index < -0.39 is 0 Å². The van der Waals surface area contributed by atoms with Crippen molar-refractivity contribution >= 4 is 35.0 Å². The number of methoxy groups -OCH3 is 1. The number of nitrogens with zero attached hydrogens (tertiary/aromatic N) is 3. The molecule has 0 fully saturated rings. The van der Waals surface area contributed by atoms with Crippen molar-refractivity contribution in [2.45, 2.75) is 13.2 Å². The molecule has 0 amide bonds. The van der Waals surface area contributed by atoms with Crippen LogP contribution in [0.1, 0.15) is 11.3 Å². The third-order valence-electron chi connectivity index (χ3n) is 5.99. The lowest BCUT2D eigenvalue weighted by molar-refractivity contribution is -0.0974. The molecule has 2 N–H and O–H groups in total. The largest absolute Gasteiger partial charge is 0.493 e. The van der Waals surface area contributed by atoms with Crippen LogP contribution in [0.25, 0.3) is 22.2 Å². The number of fused-ring (bicyclic) bond motifs is 1. The van der Waals surface area contributed by atoms with E-state index in [0.29, 0.717) is 41.1 Å². The minimum atomic E-state index is -0.309. The Bertz CT molecular complexity index is 1580. The van der Waals surface area contributed by atoms with Crippen molar-refractivity contribution in [2.24, 2.45) is 0 Å². The van der Waals surface area contributed by atoms with E-state index in [2.05, 4.69) is 27.9 Å². The lowest BCUT2D eigenvalue weighted by Gasteiger charge is -2.14. The first-order chi connectivity index (χ1) is 19.0. The van der Waals surface area contributed by atoms with Gasteiger partial charge in [0.25, 0.3) is 0 Å². The molecule has 0 saturated carbocycles. The van der Waals surface area contributed by atoms with E-state index in [1.54, 1.807) is 25.3 Å². The summed E-state index contributed by atoms with van der Waals surface area (Å²) >= 11 is 4.14. The standard InChI is InChI=1S/C29H27FN4O4S/c1-36-28-15-22(6-9-27(28)37-17-19-3-2-4-21(30)13-19)33-29-24-14-20(5-8-25(24)31-18-32-29)26-10-7-23(38-26)16-34(35)11-12-39/h2-10,13-15,18,35,39H,11-12,16-17H2,1H3,(H,31,32,33). The van der Waals surface area contributed by atoms with Gasteiger partial charge in [0.15, 0.2) is 11.5 Å². The SMILES string of the molecule is COc1cc(Nc2ncnc3ccc(-c4ccc(CN(O)CCS)o4)cc23)ccc1OCc1cccc(F)c1. The molecule has 2 aromatic heterocycles. The zero-order valence-corrected chi connectivity index (χ0v) is 22.1. The predicted octanol–water partition coefficient (Wildman–Crippen LogP) is 6.48. The maximum Gasteiger partial charge on any atom is 0.162 e. The molecule has 0 unspecified atom stereocenters. The van der Waals surface area contributed by atoms with Crippen LogP contribution < -0.4 is 14.8 Å². The molecule has 0 bridgehead atoms. The highest BCUT2D eigenvalue weighted by molar-refractivity contribution is 7.80. The number of thiol groups is 1. The normalized spacial score (nSPS) is 11.2. The molecule has 8 nitrogen and oxygen atoms in total. The molecule has 0 aliphatic rings. The van der Waals surface area contributed by atoms with Crippen molar-refractivity contribution in [3.8, 4) is 22.8 Å². The molecule has 0 aliphatic carbocycles. The van der Waals surface area contributed by atoms with Crippen molar-refractivity contribution in [1.82, 2.24) is 15.0 Å². The van der Waals surface area contributed by atoms with Gasteiger partial charge in [0.2, 0.25) is 0 Å². The zero-order chi connectivity index (χ0) is 27.2. The number of hydrogen-bond donors (Lipinski definition) is 3. The number of anilines is 2. The number of benzene rings is 3. The predicted molar refractivity (Wildman–Crippen MR) is 150 cm³/mol. The number of aromatic nitrogens is 2. The molecule has 3 aromatic carbocycles. The van der Waals surface area contributed by atoms with Gasteiger partial charge in [0.05, 0.1) is 19.2 Å². The Morgan fingerprint density at radius 1 is 1.03 bits per heavy atom. The summed E-state index contributed by atoms with van der Waals surface area (Å²) in [5.74, 6) is 3.21. The van der Waals surface area contributed by atoms with E-state index in [4.69, 9.17) is 13.9 Å². The summed E-state index contributed by atoms with van der Waals surface area (Å²) in [6, 6.07) is 21.2. The summed E-state index contributed by atoms with van der Waals surface area (Å²) in [7, 11) is 1.56. The van der Waals surface area contributed by atoms with Gasteiger partial charge in [-0.15, -0.1) is 0 Å². The quantitative estimate of drug-likeness (QED) is 0.128. The van der Waals surface area contributed by atoms with Crippen molar-refractivity contribution in [3.05, 3.63) is 96.3 Å². The van der Waals surface area contributed by atoms with Gasteiger partial charge in [0, 0.05) is 35.0 Å². The summed E-state index contributed by atoms with van der Waals surface area (Å²) in [5, 5.41) is 15.2. The van der Waals surface area contributed by atoms with Crippen molar-refractivity contribution < 1.29 is 23.5 Å². The van der Waals surface area contributed by atoms with Crippen LogP contribution in [0.3, 0.4) is 0 Å². The molecule has 0 radical (unpaired) electrons. The molecule has 5 rings (SSSR count). The maximum atomic E-state index is 13.5. The Labute approximate surface area is 230 Å². The zero-order valence-electron chi connectivity index (χ0n) is 21.2. The van der Waals surface area contributed by atoms with E-state index in [9.17, 15) is 9.60 Å². The smallest absolute Gasteiger partial charge is 0.162 e. The van der Waals surface area contributed by atoms with Gasteiger partial charge < -0.3 is 24.4 Å². The van der Waals surface area contributed by atoms with E-state index in [0.717, 1.165) is 32.8 Å². The first-order valence-corrected chi connectivity index (χ1v) is 12.9. The molecule has 0 aliphatic heterocycles. The molecule has 10 heteroatoms. The highest BCUT2D eigenvalue weighted by Gasteiger charge is 2.13. The van der Waals surface area contributed by atoms with Crippen molar-refractivity contribution in [2.75, 3.05) is 24.7 Å². The number of ether oxygens (including phenoxy) is 2. The monoisotopic (exact) mass is 546 g/mol. The van der Waals surface area contributed by atoms with E-state index in [-0.39, 0.29) is 19.0 Å². The average Bonchev–Trinajstić information content (AvgIpc) is 3.40. The van der Waals surface area contributed by atoms with Gasteiger partial charge in [-0.1, -0.05) is 12.1 Å². The molecular weight excluding hydrogens is 519 g/mol. The fraction of sp³-hybridized carbons (Fsp3) is 0.172. The van der Waals surface area contributed by atoms with Crippen LogP contribution in [0.2, 0.25) is 0 Å². The highest BCUT2D eigenvalue weighted by atomic mass is 32.1. The number of hydrogen-bond acceptors (Lipinski definition) is 9. The third-order valence-corrected chi connectivity index (χ3v) is 6.19. The number of halogens is 1. The fourth-order valence-electron chi connectivity index (χ4n) is 4.09. The van der Waals surface area contributed by atoms with Crippen LogP contribution in [0.4, 0.5) is 15.9 Å². The molecular formula is C29H27FN4O4S. The first kappa shape index (κ1) is 26.5. The van der Waals surface area contributed by atoms with E-state index in [1.807, 2.05) is 42.5 Å². The minimum absolute atomic E-state index is 0.209. The van der Waals surface area contributed by atoms with E-state index >= 15 is 0 Å². The molecule has 5 aromatic rings. The summed E-state index contributed by atoms with van der Waals surface area (Å²) in [5.41, 5.74) is 3.07. The number of furan rings is 1. The van der Waals surface area contributed by atoms with Crippen LogP contribution in [0.15, 0.2) is 83.5 Å². The second kappa shape index (κ2) is 12.2. The summed E-state index contributed by atoms with van der Waals surface area (Å²) in [6.07, 6.45) is 1.50. The molecule has 0 spiro atoms. The topological polar surface area (TPSA) is 92.9 Å². The van der Waals surface area contributed by atoms with Crippen LogP contribution in [-0.4, -0.2) is 39.6 Å². The fourth-order valence-corrected chi connectivity index (χ4v) is 4.32. The van der Waals surface area contributed by atoms with Crippen LogP contribution in [0.5, 0.6) is 11.5 Å². The van der Waals surface area contributed by atoms with Crippen LogP contribution in [-0.2, 0) is 13.2 Å². The Morgan fingerprint density at radius 2 is 1.92 bits per heavy atom. The summed E-state index contributed by atoms with van der Waals surface area (Å²) < 4.78 is 30.9. The summed E-state index contributed by atoms with van der Waals surface area (Å²) in [6.45, 7) is 0.917. The Hall–Kier alpha value is -4.12. The molecule has 2 heterocycles. The van der Waals surface area contributed by atoms with Crippen LogP contribution in [0, 0.1) is 5.82 Å². The van der Waals surface area contributed by atoms with Gasteiger partial charge >= 0.3 is 0 Å². The lowest BCUT2D eigenvalue weighted by Crippen LogP contribution is -2.20. The summed E-state index contributed by atoms with van der Waals surface area (Å²) in [4.78, 5) is 8.85. The van der Waals surface area contributed by atoms with Gasteiger partial charge in [-0.25, -0.2) is 14.4 Å². The molecule has 39 heavy (non-hydrogen) atoms. The molecule has 200 valence electrons. The lowest BCUT2D eigenvalue weighted by atomic mass is 10.1. The Balaban J connectivity index is 1.36.